The molecule has 0 bridgehead atoms. The zero-order valence-corrected chi connectivity index (χ0v) is 10.3. The Hall–Kier alpha value is -2.76. The third-order valence-electron chi connectivity index (χ3n) is 2.44. The summed E-state index contributed by atoms with van der Waals surface area (Å²) in [5, 5.41) is 18.4. The van der Waals surface area contributed by atoms with Crippen molar-refractivity contribution in [2.24, 2.45) is 10.3 Å². The van der Waals surface area contributed by atoms with E-state index >= 15 is 0 Å². The van der Waals surface area contributed by atoms with Crippen LogP contribution in [0, 0.1) is 17.0 Å². The Labute approximate surface area is 109 Å². The van der Waals surface area contributed by atoms with Gasteiger partial charge in [-0.15, -0.1) is 5.11 Å². The van der Waals surface area contributed by atoms with Crippen LogP contribution in [0.3, 0.4) is 0 Å². The normalized spacial score (nSPS) is 10.6. The van der Waals surface area contributed by atoms with E-state index in [9.17, 15) is 10.1 Å². The molecule has 2 rings (SSSR count). The summed E-state index contributed by atoms with van der Waals surface area (Å²) in [5.74, 6) is 0. The molecule has 0 amide bonds. The van der Waals surface area contributed by atoms with Crippen LogP contribution in [0.15, 0.2) is 58.9 Å². The molecule has 0 aliphatic carbocycles. The molecule has 0 saturated heterocycles. The lowest BCUT2D eigenvalue weighted by Gasteiger charge is -1.98. The zero-order chi connectivity index (χ0) is 13.7. The maximum absolute atomic E-state index is 10.6. The van der Waals surface area contributed by atoms with Crippen molar-refractivity contribution in [2.75, 3.05) is 5.43 Å². The molecule has 0 aliphatic rings. The van der Waals surface area contributed by atoms with E-state index in [2.05, 4.69) is 15.8 Å². The molecule has 0 aliphatic heterocycles. The molecule has 0 saturated carbocycles. The maximum Gasteiger partial charge on any atom is 0.271 e. The van der Waals surface area contributed by atoms with Crippen LogP contribution in [0.5, 0.6) is 0 Å². The van der Waals surface area contributed by atoms with Gasteiger partial charge in [-0.25, -0.2) is 0 Å². The molecule has 2 aromatic rings. The Kier molecular flexibility index (Phi) is 3.82. The van der Waals surface area contributed by atoms with Crippen molar-refractivity contribution >= 4 is 17.1 Å². The summed E-state index contributed by atoms with van der Waals surface area (Å²) in [6, 6.07) is 13.6. The molecule has 1 N–H and O–H groups in total. The average Bonchev–Trinajstić information content (AvgIpc) is 2.41. The molecule has 0 spiro atoms. The topological polar surface area (TPSA) is 79.9 Å². The van der Waals surface area contributed by atoms with Crippen molar-refractivity contribution in [3.05, 3.63) is 64.2 Å². The van der Waals surface area contributed by atoms with E-state index in [4.69, 9.17) is 0 Å². The number of nitrogens with one attached hydrogen (secondary N) is 1. The minimum atomic E-state index is -0.456. The zero-order valence-electron chi connectivity index (χ0n) is 10.3. The molecular formula is C13H12N4O2. The lowest BCUT2D eigenvalue weighted by atomic mass is 10.2. The minimum absolute atomic E-state index is 0.00976. The highest BCUT2D eigenvalue weighted by atomic mass is 16.6. The molecule has 0 aromatic heterocycles. The van der Waals surface area contributed by atoms with Gasteiger partial charge in [0.05, 0.1) is 16.3 Å². The van der Waals surface area contributed by atoms with Gasteiger partial charge in [-0.2, -0.15) is 0 Å². The number of nitrogens with zero attached hydrogens (tertiary/aromatic N) is 3. The first-order valence-corrected chi connectivity index (χ1v) is 5.63. The van der Waals surface area contributed by atoms with Gasteiger partial charge in [0.15, 0.2) is 0 Å². The van der Waals surface area contributed by atoms with E-state index in [0.717, 1.165) is 5.56 Å². The monoisotopic (exact) mass is 256 g/mol. The summed E-state index contributed by atoms with van der Waals surface area (Å²) in [7, 11) is 0. The van der Waals surface area contributed by atoms with Crippen LogP contribution < -0.4 is 5.43 Å². The predicted molar refractivity (Wildman–Crippen MR) is 72.4 cm³/mol. The van der Waals surface area contributed by atoms with Crippen LogP contribution in [0.4, 0.5) is 17.1 Å². The highest BCUT2D eigenvalue weighted by Crippen LogP contribution is 2.18. The van der Waals surface area contributed by atoms with Gasteiger partial charge in [-0.1, -0.05) is 29.0 Å². The minimum Gasteiger partial charge on any atom is -0.260 e. The number of aryl methyl sites for hydroxylation is 1. The molecule has 0 heterocycles. The summed E-state index contributed by atoms with van der Waals surface area (Å²) in [5.41, 5.74) is 5.04. The van der Waals surface area contributed by atoms with E-state index in [0.29, 0.717) is 11.4 Å². The third kappa shape index (κ3) is 3.60. The van der Waals surface area contributed by atoms with Crippen molar-refractivity contribution in [3.8, 4) is 0 Å². The van der Waals surface area contributed by atoms with Crippen LogP contribution >= 0.6 is 0 Å². The Bertz CT molecular complexity index is 608. The molecule has 0 atom stereocenters. The molecule has 0 unspecified atom stereocenters. The number of hydrogen-bond donors (Lipinski definition) is 1. The van der Waals surface area contributed by atoms with Gasteiger partial charge in [-0.05, 0) is 25.1 Å². The fraction of sp³-hybridized carbons (Fsp3) is 0.0769. The Morgan fingerprint density at radius 1 is 1.16 bits per heavy atom. The van der Waals surface area contributed by atoms with E-state index in [1.807, 2.05) is 31.2 Å². The summed E-state index contributed by atoms with van der Waals surface area (Å²) in [6.45, 7) is 1.99. The summed E-state index contributed by atoms with van der Waals surface area (Å²) in [4.78, 5) is 10.1. The first-order valence-electron chi connectivity index (χ1n) is 5.63. The number of non-ortho nitro benzene ring substituents is 1. The van der Waals surface area contributed by atoms with Gasteiger partial charge in [0.25, 0.3) is 5.69 Å². The molecule has 6 heteroatoms. The van der Waals surface area contributed by atoms with Gasteiger partial charge < -0.3 is 0 Å². The largest absolute Gasteiger partial charge is 0.271 e. The van der Waals surface area contributed by atoms with Crippen molar-refractivity contribution in [1.29, 1.82) is 0 Å². The third-order valence-corrected chi connectivity index (χ3v) is 2.44. The smallest absolute Gasteiger partial charge is 0.260 e. The second-order valence-electron chi connectivity index (χ2n) is 3.95. The van der Waals surface area contributed by atoms with E-state index in [-0.39, 0.29) is 5.69 Å². The molecule has 96 valence electrons. The summed E-state index contributed by atoms with van der Waals surface area (Å²) in [6.07, 6.45) is 0. The van der Waals surface area contributed by atoms with Crippen molar-refractivity contribution in [1.82, 2.24) is 0 Å². The first kappa shape index (κ1) is 12.7. The van der Waals surface area contributed by atoms with Crippen LogP contribution in [0.2, 0.25) is 0 Å². The fourth-order valence-electron chi connectivity index (χ4n) is 1.44. The van der Waals surface area contributed by atoms with E-state index in [1.165, 1.54) is 12.1 Å². The lowest BCUT2D eigenvalue weighted by molar-refractivity contribution is -0.384. The molecule has 0 fully saturated rings. The second kappa shape index (κ2) is 5.72. The van der Waals surface area contributed by atoms with Gasteiger partial charge in [-0.3, -0.25) is 15.5 Å². The fourth-order valence-corrected chi connectivity index (χ4v) is 1.44. The van der Waals surface area contributed by atoms with Crippen molar-refractivity contribution in [2.45, 2.75) is 6.92 Å². The maximum atomic E-state index is 10.6. The SMILES string of the molecule is Cc1ccc(N=NNc2cccc([N+](=O)[O-])c2)cc1. The van der Waals surface area contributed by atoms with Gasteiger partial charge >= 0.3 is 0 Å². The van der Waals surface area contributed by atoms with E-state index in [1.54, 1.807) is 12.1 Å². The molecular weight excluding hydrogens is 244 g/mol. The van der Waals surface area contributed by atoms with Crippen LogP contribution in [0.25, 0.3) is 0 Å². The molecule has 0 radical (unpaired) electrons. The van der Waals surface area contributed by atoms with Crippen LogP contribution in [-0.4, -0.2) is 4.92 Å². The number of nitro groups is 1. The number of anilines is 1. The number of nitro benzene ring substituents is 1. The van der Waals surface area contributed by atoms with Crippen molar-refractivity contribution < 1.29 is 4.92 Å². The molecule has 6 nitrogen and oxygen atoms in total. The highest BCUT2D eigenvalue weighted by molar-refractivity contribution is 5.50. The first-order chi connectivity index (χ1) is 9.15. The Morgan fingerprint density at radius 2 is 1.89 bits per heavy atom. The van der Waals surface area contributed by atoms with Crippen LogP contribution in [0.1, 0.15) is 5.56 Å². The average molecular weight is 256 g/mol. The van der Waals surface area contributed by atoms with Gasteiger partial charge in [0.2, 0.25) is 0 Å². The summed E-state index contributed by atoms with van der Waals surface area (Å²) >= 11 is 0. The Morgan fingerprint density at radius 3 is 2.58 bits per heavy atom. The van der Waals surface area contributed by atoms with Crippen molar-refractivity contribution in [3.63, 3.8) is 0 Å². The quantitative estimate of drug-likeness (QED) is 0.509. The molecule has 2 aromatic carbocycles. The van der Waals surface area contributed by atoms with Crippen LogP contribution in [-0.2, 0) is 0 Å². The highest BCUT2D eigenvalue weighted by Gasteiger charge is 2.04. The number of rotatable bonds is 4. The number of benzene rings is 2. The Balaban J connectivity index is 2.04. The number of hydrogen-bond acceptors (Lipinski definition) is 4. The molecule has 19 heavy (non-hydrogen) atoms. The summed E-state index contributed by atoms with van der Waals surface area (Å²) < 4.78 is 0. The van der Waals surface area contributed by atoms with Gasteiger partial charge in [0, 0.05) is 12.1 Å². The van der Waals surface area contributed by atoms with Gasteiger partial charge in [0.1, 0.15) is 0 Å². The lowest BCUT2D eigenvalue weighted by Crippen LogP contribution is -1.90. The standard InChI is InChI=1S/C13H12N4O2/c1-10-5-7-11(8-6-10)14-16-15-12-3-2-4-13(9-12)17(18)19/h2-9H,1H3,(H,14,15). The predicted octanol–water partition coefficient (Wildman–Crippen LogP) is 4.01. The van der Waals surface area contributed by atoms with E-state index < -0.39 is 4.92 Å². The second-order valence-corrected chi connectivity index (χ2v) is 3.95.